The quantitative estimate of drug-likeness (QED) is 0.875. The van der Waals surface area contributed by atoms with Crippen molar-refractivity contribution >= 4 is 29.9 Å². The predicted octanol–water partition coefficient (Wildman–Crippen LogP) is 3.50. The van der Waals surface area contributed by atoms with Crippen molar-refractivity contribution in [1.82, 2.24) is 10.3 Å². The number of nitrogens with one attached hydrogen (secondary N) is 1. The summed E-state index contributed by atoms with van der Waals surface area (Å²) in [6.45, 7) is 2.34. The Hall–Kier alpha value is -1.62. The van der Waals surface area contributed by atoms with E-state index in [2.05, 4.69) is 10.3 Å². The van der Waals surface area contributed by atoms with Crippen molar-refractivity contribution in [3.63, 3.8) is 0 Å². The molecular weight excluding hydrogens is 321 g/mol. The molecule has 0 saturated heterocycles. The van der Waals surface area contributed by atoms with Crippen LogP contribution in [0.3, 0.4) is 0 Å². The van der Waals surface area contributed by atoms with Crippen LogP contribution in [-0.2, 0) is 6.54 Å². The van der Waals surface area contributed by atoms with E-state index in [9.17, 15) is 4.79 Å². The second-order valence-corrected chi connectivity index (χ2v) is 5.16. The Morgan fingerprint density at radius 2 is 2.00 bits per heavy atom. The van der Waals surface area contributed by atoms with Crippen LogP contribution in [-0.4, -0.2) is 10.9 Å². The lowest BCUT2D eigenvalue weighted by molar-refractivity contribution is 0.0935. The van der Waals surface area contributed by atoms with E-state index in [1.807, 2.05) is 31.2 Å². The summed E-state index contributed by atoms with van der Waals surface area (Å²) in [5.74, 6) is -0.131. The lowest BCUT2D eigenvalue weighted by Gasteiger charge is -2.17. The van der Waals surface area contributed by atoms with Gasteiger partial charge in [0.15, 0.2) is 0 Å². The fraction of sp³-hybridized carbons (Fsp3) is 0.250. The van der Waals surface area contributed by atoms with Crippen molar-refractivity contribution in [3.05, 3.63) is 64.4 Å². The minimum Gasteiger partial charge on any atom is -0.345 e. The highest BCUT2D eigenvalue weighted by molar-refractivity contribution is 6.30. The molecule has 0 spiro atoms. The van der Waals surface area contributed by atoms with E-state index in [0.717, 1.165) is 12.0 Å². The summed E-state index contributed by atoms with van der Waals surface area (Å²) in [6, 6.07) is 10.8. The number of nitrogens with zero attached hydrogens (tertiary/aromatic N) is 1. The Balaban J connectivity index is 0.00000242. The van der Waals surface area contributed by atoms with Gasteiger partial charge in [0.05, 0.1) is 11.7 Å². The molecule has 1 heterocycles. The topological polar surface area (TPSA) is 68.0 Å². The molecular formula is C16H19Cl2N3O. The number of carbonyl (C=O) groups is 1. The standard InChI is InChI=1S/C16H18ClN3O.ClH/c1-2-15(11-3-5-13(17)6-4-11)20-16(21)12-7-8-19-14(9-12)10-18;/h3-9,15H,2,10,18H2,1H3,(H,20,21);1H. The van der Waals surface area contributed by atoms with Crippen LogP contribution in [0.1, 0.15) is 41.0 Å². The van der Waals surface area contributed by atoms with Crippen molar-refractivity contribution in [2.45, 2.75) is 25.9 Å². The molecule has 1 unspecified atom stereocenters. The van der Waals surface area contributed by atoms with Gasteiger partial charge in [-0.1, -0.05) is 30.7 Å². The van der Waals surface area contributed by atoms with Crippen LogP contribution in [0.4, 0.5) is 0 Å². The van der Waals surface area contributed by atoms with E-state index in [1.165, 1.54) is 0 Å². The van der Waals surface area contributed by atoms with Gasteiger partial charge in [-0.3, -0.25) is 9.78 Å². The van der Waals surface area contributed by atoms with Crippen molar-refractivity contribution < 1.29 is 4.79 Å². The van der Waals surface area contributed by atoms with Crippen LogP contribution in [0, 0.1) is 0 Å². The molecule has 0 aliphatic rings. The van der Waals surface area contributed by atoms with Gasteiger partial charge in [-0.05, 0) is 36.2 Å². The lowest BCUT2D eigenvalue weighted by atomic mass is 10.0. The Morgan fingerprint density at radius 1 is 1.32 bits per heavy atom. The number of aromatic nitrogens is 1. The monoisotopic (exact) mass is 339 g/mol. The maximum absolute atomic E-state index is 12.3. The Bertz CT molecular complexity index is 617. The zero-order chi connectivity index (χ0) is 15.2. The fourth-order valence-corrected chi connectivity index (χ4v) is 2.21. The first-order chi connectivity index (χ1) is 10.1. The largest absolute Gasteiger partial charge is 0.345 e. The highest BCUT2D eigenvalue weighted by Gasteiger charge is 2.14. The molecule has 1 aromatic heterocycles. The molecule has 4 nitrogen and oxygen atoms in total. The molecule has 0 radical (unpaired) electrons. The molecule has 0 saturated carbocycles. The van der Waals surface area contributed by atoms with E-state index in [4.69, 9.17) is 17.3 Å². The SMILES string of the molecule is CCC(NC(=O)c1ccnc(CN)c1)c1ccc(Cl)cc1.Cl. The molecule has 0 fully saturated rings. The van der Waals surface area contributed by atoms with Crippen molar-refractivity contribution in [2.24, 2.45) is 5.73 Å². The zero-order valence-electron chi connectivity index (χ0n) is 12.3. The van der Waals surface area contributed by atoms with Crippen molar-refractivity contribution in [3.8, 4) is 0 Å². The summed E-state index contributed by atoms with van der Waals surface area (Å²) < 4.78 is 0. The maximum atomic E-state index is 12.3. The average Bonchev–Trinajstić information content (AvgIpc) is 2.53. The Morgan fingerprint density at radius 3 is 2.59 bits per heavy atom. The van der Waals surface area contributed by atoms with Crippen molar-refractivity contribution in [2.75, 3.05) is 0 Å². The molecule has 22 heavy (non-hydrogen) atoms. The third-order valence-electron chi connectivity index (χ3n) is 3.27. The molecule has 1 aromatic carbocycles. The van der Waals surface area contributed by atoms with Gasteiger partial charge in [-0.2, -0.15) is 0 Å². The number of benzene rings is 1. The number of rotatable bonds is 5. The first kappa shape index (κ1) is 18.4. The molecule has 1 atom stereocenters. The number of pyridine rings is 1. The normalized spacial score (nSPS) is 11.4. The van der Waals surface area contributed by atoms with E-state index in [0.29, 0.717) is 22.8 Å². The van der Waals surface area contributed by atoms with E-state index in [-0.39, 0.29) is 24.4 Å². The summed E-state index contributed by atoms with van der Waals surface area (Å²) in [6.07, 6.45) is 2.39. The maximum Gasteiger partial charge on any atom is 0.251 e. The molecule has 118 valence electrons. The molecule has 2 rings (SSSR count). The van der Waals surface area contributed by atoms with Gasteiger partial charge in [0, 0.05) is 23.3 Å². The number of hydrogen-bond donors (Lipinski definition) is 2. The molecule has 1 amide bonds. The number of nitrogens with two attached hydrogens (primary N) is 1. The van der Waals surface area contributed by atoms with Gasteiger partial charge in [-0.15, -0.1) is 12.4 Å². The van der Waals surface area contributed by atoms with E-state index >= 15 is 0 Å². The second kappa shape index (κ2) is 8.73. The van der Waals surface area contributed by atoms with Crippen LogP contribution in [0.25, 0.3) is 0 Å². The van der Waals surface area contributed by atoms with Gasteiger partial charge in [0.1, 0.15) is 0 Å². The number of halogens is 2. The predicted molar refractivity (Wildman–Crippen MR) is 91.3 cm³/mol. The van der Waals surface area contributed by atoms with E-state index in [1.54, 1.807) is 18.3 Å². The zero-order valence-corrected chi connectivity index (χ0v) is 13.8. The minimum atomic E-state index is -0.131. The molecule has 6 heteroatoms. The van der Waals surface area contributed by atoms with Gasteiger partial charge in [0.25, 0.3) is 5.91 Å². The molecule has 2 aromatic rings. The Labute approximate surface area is 141 Å². The first-order valence-corrected chi connectivity index (χ1v) is 7.23. The highest BCUT2D eigenvalue weighted by Crippen LogP contribution is 2.19. The van der Waals surface area contributed by atoms with Gasteiger partial charge in [-0.25, -0.2) is 0 Å². The second-order valence-electron chi connectivity index (χ2n) is 4.73. The summed E-state index contributed by atoms with van der Waals surface area (Å²) in [4.78, 5) is 16.4. The van der Waals surface area contributed by atoms with E-state index < -0.39 is 0 Å². The fourth-order valence-electron chi connectivity index (χ4n) is 2.09. The van der Waals surface area contributed by atoms with Crippen LogP contribution in [0.2, 0.25) is 5.02 Å². The third-order valence-corrected chi connectivity index (χ3v) is 3.53. The van der Waals surface area contributed by atoms with Gasteiger partial charge < -0.3 is 11.1 Å². The highest BCUT2D eigenvalue weighted by atomic mass is 35.5. The first-order valence-electron chi connectivity index (χ1n) is 6.85. The Kier molecular flexibility index (Phi) is 7.32. The number of carbonyl (C=O) groups excluding carboxylic acids is 1. The summed E-state index contributed by atoms with van der Waals surface area (Å²) in [7, 11) is 0. The van der Waals surface area contributed by atoms with Crippen molar-refractivity contribution in [1.29, 1.82) is 0 Å². The van der Waals surface area contributed by atoms with Crippen LogP contribution < -0.4 is 11.1 Å². The van der Waals surface area contributed by atoms with Crippen LogP contribution in [0.15, 0.2) is 42.6 Å². The molecule has 0 aliphatic heterocycles. The summed E-state index contributed by atoms with van der Waals surface area (Å²) in [5, 5.41) is 3.70. The average molecular weight is 340 g/mol. The molecule has 0 bridgehead atoms. The molecule has 3 N–H and O–H groups in total. The number of amides is 1. The summed E-state index contributed by atoms with van der Waals surface area (Å²) in [5.41, 5.74) is 7.84. The number of hydrogen-bond acceptors (Lipinski definition) is 3. The van der Waals surface area contributed by atoms with Gasteiger partial charge in [0.2, 0.25) is 0 Å². The van der Waals surface area contributed by atoms with Crippen LogP contribution in [0.5, 0.6) is 0 Å². The summed E-state index contributed by atoms with van der Waals surface area (Å²) >= 11 is 5.89. The molecule has 0 aliphatic carbocycles. The van der Waals surface area contributed by atoms with Crippen LogP contribution >= 0.6 is 24.0 Å². The third kappa shape index (κ3) is 4.70. The lowest BCUT2D eigenvalue weighted by Crippen LogP contribution is -2.28. The van der Waals surface area contributed by atoms with Gasteiger partial charge >= 0.3 is 0 Å². The smallest absolute Gasteiger partial charge is 0.251 e. The minimum absolute atomic E-state index is 0.